The standard InChI is InChI=1S/C19H25NO/c1-18(2)9-4-7-16(13-18)15-6-3-8-17(12-15)19(20-14-21)10-5-11-19/h3,6,8,12,16H,4-5,7,9-11,13H2,1-2H3. The second-order valence-corrected chi connectivity index (χ2v) is 7.67. The minimum absolute atomic E-state index is 0.262. The highest BCUT2D eigenvalue weighted by Gasteiger charge is 2.39. The van der Waals surface area contributed by atoms with Crippen LogP contribution >= 0.6 is 0 Å². The average molecular weight is 283 g/mol. The summed E-state index contributed by atoms with van der Waals surface area (Å²) in [6.45, 7) is 4.76. The summed E-state index contributed by atoms with van der Waals surface area (Å²) in [7, 11) is 0. The van der Waals surface area contributed by atoms with Crippen molar-refractivity contribution in [3.05, 3.63) is 35.4 Å². The first kappa shape index (κ1) is 14.5. The number of hydrogen-bond donors (Lipinski definition) is 0. The van der Waals surface area contributed by atoms with E-state index in [0.717, 1.165) is 19.3 Å². The Morgan fingerprint density at radius 3 is 2.62 bits per heavy atom. The van der Waals surface area contributed by atoms with E-state index in [1.165, 1.54) is 36.8 Å². The van der Waals surface area contributed by atoms with Gasteiger partial charge in [-0.15, -0.1) is 0 Å². The summed E-state index contributed by atoms with van der Waals surface area (Å²) in [5, 5.41) is 0. The maximum absolute atomic E-state index is 10.8. The van der Waals surface area contributed by atoms with E-state index in [4.69, 9.17) is 0 Å². The van der Waals surface area contributed by atoms with Crippen LogP contribution in [0.4, 0.5) is 0 Å². The van der Waals surface area contributed by atoms with Crippen molar-refractivity contribution in [2.24, 2.45) is 10.4 Å². The van der Waals surface area contributed by atoms with Gasteiger partial charge in [0, 0.05) is 0 Å². The second kappa shape index (κ2) is 5.42. The van der Waals surface area contributed by atoms with Crippen molar-refractivity contribution >= 4 is 6.08 Å². The van der Waals surface area contributed by atoms with Gasteiger partial charge in [-0.1, -0.05) is 44.5 Å². The van der Waals surface area contributed by atoms with Gasteiger partial charge in [-0.3, -0.25) is 0 Å². The molecule has 0 aromatic heterocycles. The third-order valence-electron chi connectivity index (χ3n) is 5.54. The maximum Gasteiger partial charge on any atom is 0.235 e. The first-order chi connectivity index (χ1) is 10.0. The van der Waals surface area contributed by atoms with Gasteiger partial charge in [-0.25, -0.2) is 4.79 Å². The van der Waals surface area contributed by atoms with E-state index < -0.39 is 0 Å². The zero-order valence-electron chi connectivity index (χ0n) is 13.2. The topological polar surface area (TPSA) is 29.4 Å². The second-order valence-electron chi connectivity index (χ2n) is 7.67. The molecular formula is C19H25NO. The molecule has 112 valence electrons. The quantitative estimate of drug-likeness (QED) is 0.561. The Balaban J connectivity index is 1.88. The zero-order valence-corrected chi connectivity index (χ0v) is 13.2. The molecule has 1 unspecified atom stereocenters. The largest absolute Gasteiger partial charge is 0.235 e. The molecule has 3 rings (SSSR count). The highest BCUT2D eigenvalue weighted by Crippen LogP contribution is 2.47. The lowest BCUT2D eigenvalue weighted by Gasteiger charge is -2.39. The van der Waals surface area contributed by atoms with Crippen LogP contribution in [0.3, 0.4) is 0 Å². The normalized spacial score (nSPS) is 26.5. The minimum atomic E-state index is -0.262. The van der Waals surface area contributed by atoms with Crippen LogP contribution in [0.15, 0.2) is 29.3 Å². The summed E-state index contributed by atoms with van der Waals surface area (Å²) in [5.41, 5.74) is 2.85. The number of isocyanates is 1. The van der Waals surface area contributed by atoms with Gasteiger partial charge in [0.05, 0.1) is 5.54 Å². The number of aliphatic imine (C=N–C) groups is 1. The lowest BCUT2D eigenvalue weighted by Crippen LogP contribution is -2.32. The summed E-state index contributed by atoms with van der Waals surface area (Å²) in [5.74, 6) is 0.658. The summed E-state index contributed by atoms with van der Waals surface area (Å²) in [6.07, 6.45) is 10.1. The maximum atomic E-state index is 10.8. The van der Waals surface area contributed by atoms with Gasteiger partial charge >= 0.3 is 0 Å². The lowest BCUT2D eigenvalue weighted by molar-refractivity contribution is 0.219. The molecule has 0 bridgehead atoms. The van der Waals surface area contributed by atoms with Gasteiger partial charge in [0.1, 0.15) is 0 Å². The Labute approximate surface area is 127 Å². The first-order valence-electron chi connectivity index (χ1n) is 8.24. The van der Waals surface area contributed by atoms with E-state index in [1.807, 2.05) is 0 Å². The molecule has 1 atom stereocenters. The molecule has 0 heterocycles. The van der Waals surface area contributed by atoms with Crippen molar-refractivity contribution < 1.29 is 4.79 Å². The molecule has 0 spiro atoms. The SMILES string of the molecule is CC1(C)CCCC(c2cccc(C3(N=C=O)CCC3)c2)C1. The fourth-order valence-corrected chi connectivity index (χ4v) is 4.13. The number of rotatable bonds is 3. The molecule has 2 aliphatic rings. The third-order valence-corrected chi connectivity index (χ3v) is 5.54. The number of nitrogens with zero attached hydrogens (tertiary/aromatic N) is 1. The summed E-state index contributed by atoms with van der Waals surface area (Å²) < 4.78 is 0. The monoisotopic (exact) mass is 283 g/mol. The van der Waals surface area contributed by atoms with E-state index in [2.05, 4.69) is 43.1 Å². The van der Waals surface area contributed by atoms with Crippen molar-refractivity contribution in [2.75, 3.05) is 0 Å². The Hall–Kier alpha value is -1.40. The molecule has 21 heavy (non-hydrogen) atoms. The predicted molar refractivity (Wildman–Crippen MR) is 85.1 cm³/mol. The van der Waals surface area contributed by atoms with Crippen molar-refractivity contribution in [2.45, 2.75) is 70.3 Å². The fourth-order valence-electron chi connectivity index (χ4n) is 4.13. The summed E-state index contributed by atoms with van der Waals surface area (Å²) >= 11 is 0. The van der Waals surface area contributed by atoms with E-state index in [1.54, 1.807) is 6.08 Å². The highest BCUT2D eigenvalue weighted by atomic mass is 16.1. The lowest BCUT2D eigenvalue weighted by atomic mass is 9.68. The predicted octanol–water partition coefficient (Wildman–Crippen LogP) is 5.09. The van der Waals surface area contributed by atoms with Gasteiger partial charge in [0.2, 0.25) is 6.08 Å². The van der Waals surface area contributed by atoms with Crippen LogP contribution in [-0.4, -0.2) is 6.08 Å². The number of hydrogen-bond acceptors (Lipinski definition) is 2. The van der Waals surface area contributed by atoms with Crippen LogP contribution in [0.1, 0.15) is 75.8 Å². The molecule has 1 aromatic rings. The van der Waals surface area contributed by atoms with Crippen molar-refractivity contribution in [3.8, 4) is 0 Å². The molecule has 0 aliphatic heterocycles. The van der Waals surface area contributed by atoms with Gasteiger partial charge in [0.15, 0.2) is 0 Å². The molecule has 2 fully saturated rings. The molecular weight excluding hydrogens is 258 g/mol. The molecule has 2 nitrogen and oxygen atoms in total. The Bertz CT molecular complexity index is 565. The molecule has 2 aliphatic carbocycles. The summed E-state index contributed by atoms with van der Waals surface area (Å²) in [6, 6.07) is 8.85. The van der Waals surface area contributed by atoms with Gasteiger partial charge in [0.25, 0.3) is 0 Å². The minimum Gasteiger partial charge on any atom is -0.211 e. The molecule has 0 N–H and O–H groups in total. The fraction of sp³-hybridized carbons (Fsp3) is 0.632. The number of benzene rings is 1. The molecule has 2 saturated carbocycles. The van der Waals surface area contributed by atoms with E-state index in [0.29, 0.717) is 11.3 Å². The van der Waals surface area contributed by atoms with Crippen LogP contribution in [0, 0.1) is 5.41 Å². The molecule has 0 saturated heterocycles. The molecule has 2 heteroatoms. The van der Waals surface area contributed by atoms with Crippen molar-refractivity contribution in [3.63, 3.8) is 0 Å². The number of carbonyl (C=O) groups excluding carboxylic acids is 1. The van der Waals surface area contributed by atoms with E-state index in [9.17, 15) is 4.79 Å². The summed E-state index contributed by atoms with van der Waals surface area (Å²) in [4.78, 5) is 14.9. The third kappa shape index (κ3) is 2.82. The first-order valence-corrected chi connectivity index (χ1v) is 8.24. The highest BCUT2D eigenvalue weighted by molar-refractivity contribution is 5.41. The van der Waals surface area contributed by atoms with Crippen LogP contribution in [-0.2, 0) is 10.3 Å². The molecule has 1 aromatic carbocycles. The van der Waals surface area contributed by atoms with E-state index in [-0.39, 0.29) is 5.54 Å². The molecule has 0 amide bonds. The van der Waals surface area contributed by atoms with Crippen molar-refractivity contribution in [1.29, 1.82) is 0 Å². The van der Waals surface area contributed by atoms with Crippen LogP contribution in [0.2, 0.25) is 0 Å². The van der Waals surface area contributed by atoms with E-state index >= 15 is 0 Å². The Morgan fingerprint density at radius 1 is 1.19 bits per heavy atom. The molecule has 0 radical (unpaired) electrons. The smallest absolute Gasteiger partial charge is 0.211 e. The average Bonchev–Trinajstić information content (AvgIpc) is 2.42. The Kier molecular flexibility index (Phi) is 3.75. The van der Waals surface area contributed by atoms with Gasteiger partial charge in [-0.2, -0.15) is 4.99 Å². The zero-order chi connectivity index (χ0) is 14.9. The Morgan fingerprint density at radius 2 is 2.00 bits per heavy atom. The van der Waals surface area contributed by atoms with Gasteiger partial charge in [-0.05, 0) is 61.0 Å². The van der Waals surface area contributed by atoms with Gasteiger partial charge < -0.3 is 0 Å². The van der Waals surface area contributed by atoms with Crippen LogP contribution < -0.4 is 0 Å². The van der Waals surface area contributed by atoms with Crippen molar-refractivity contribution in [1.82, 2.24) is 0 Å². The van der Waals surface area contributed by atoms with Crippen LogP contribution in [0.25, 0.3) is 0 Å². The van der Waals surface area contributed by atoms with Crippen LogP contribution in [0.5, 0.6) is 0 Å².